The van der Waals surface area contributed by atoms with E-state index >= 15 is 0 Å². The molecule has 1 heterocycles. The first kappa shape index (κ1) is 10.4. The molecule has 1 aromatic carbocycles. The van der Waals surface area contributed by atoms with E-state index in [2.05, 4.69) is 21.0 Å². The topological polar surface area (TPSA) is 17.8 Å². The van der Waals surface area contributed by atoms with Crippen LogP contribution in [0.3, 0.4) is 0 Å². The third-order valence-corrected chi connectivity index (χ3v) is 2.76. The second kappa shape index (κ2) is 4.14. The number of nitrogens with zero attached hydrogens (tertiary/aromatic N) is 2. The van der Waals surface area contributed by atoms with E-state index in [0.717, 1.165) is 10.2 Å². The molecule has 15 heavy (non-hydrogen) atoms. The average molecular weight is 269 g/mol. The van der Waals surface area contributed by atoms with Gasteiger partial charge < -0.3 is 0 Å². The molecule has 0 bridgehead atoms. The normalized spacial score (nSPS) is 10.6. The Balaban J connectivity index is 2.29. The van der Waals surface area contributed by atoms with Crippen molar-refractivity contribution in [3.8, 4) is 0 Å². The van der Waals surface area contributed by atoms with Crippen LogP contribution in [-0.2, 0) is 6.54 Å². The van der Waals surface area contributed by atoms with Crippen molar-refractivity contribution in [1.29, 1.82) is 0 Å². The highest BCUT2D eigenvalue weighted by atomic mass is 79.9. The highest BCUT2D eigenvalue weighted by molar-refractivity contribution is 9.10. The molecule has 0 atom stereocenters. The predicted molar refractivity (Wildman–Crippen MR) is 60.2 cm³/mol. The van der Waals surface area contributed by atoms with Crippen LogP contribution in [0, 0.1) is 12.7 Å². The number of hydrogen-bond acceptors (Lipinski definition) is 1. The summed E-state index contributed by atoms with van der Waals surface area (Å²) in [6.07, 6.45) is 1.71. The standard InChI is InChI=1S/C11H10BrFN2/c1-8-4-5-14-15(8)7-9-2-3-10(12)6-11(9)13/h2-6H,7H2,1H3. The van der Waals surface area contributed by atoms with E-state index < -0.39 is 0 Å². The van der Waals surface area contributed by atoms with E-state index in [9.17, 15) is 4.39 Å². The molecule has 2 rings (SSSR count). The highest BCUT2D eigenvalue weighted by Gasteiger charge is 2.05. The number of aromatic nitrogens is 2. The second-order valence-corrected chi connectivity index (χ2v) is 4.28. The maximum Gasteiger partial charge on any atom is 0.129 e. The number of rotatable bonds is 2. The first-order chi connectivity index (χ1) is 7.16. The first-order valence-electron chi connectivity index (χ1n) is 4.59. The van der Waals surface area contributed by atoms with Gasteiger partial charge in [0.05, 0.1) is 6.54 Å². The van der Waals surface area contributed by atoms with Crippen molar-refractivity contribution in [2.45, 2.75) is 13.5 Å². The molecule has 1 aromatic heterocycles. The maximum atomic E-state index is 13.5. The Morgan fingerprint density at radius 3 is 2.80 bits per heavy atom. The summed E-state index contributed by atoms with van der Waals surface area (Å²) in [6, 6.07) is 6.96. The Labute approximate surface area is 95.9 Å². The van der Waals surface area contributed by atoms with Crippen molar-refractivity contribution in [2.75, 3.05) is 0 Å². The van der Waals surface area contributed by atoms with Crippen LogP contribution in [-0.4, -0.2) is 9.78 Å². The van der Waals surface area contributed by atoms with Crippen molar-refractivity contribution in [2.24, 2.45) is 0 Å². The molecule has 0 aliphatic rings. The lowest BCUT2D eigenvalue weighted by Crippen LogP contribution is -2.05. The van der Waals surface area contributed by atoms with Gasteiger partial charge in [-0.05, 0) is 25.1 Å². The van der Waals surface area contributed by atoms with Gasteiger partial charge >= 0.3 is 0 Å². The molecule has 0 spiro atoms. The molecule has 2 nitrogen and oxygen atoms in total. The zero-order valence-electron chi connectivity index (χ0n) is 8.24. The fourth-order valence-electron chi connectivity index (χ4n) is 1.38. The van der Waals surface area contributed by atoms with Gasteiger partial charge in [-0.15, -0.1) is 0 Å². The summed E-state index contributed by atoms with van der Waals surface area (Å²) in [5, 5.41) is 4.11. The fraction of sp³-hybridized carbons (Fsp3) is 0.182. The number of benzene rings is 1. The summed E-state index contributed by atoms with van der Waals surface area (Å²) >= 11 is 3.23. The van der Waals surface area contributed by atoms with E-state index in [1.807, 2.05) is 19.1 Å². The molecule has 0 aliphatic carbocycles. The van der Waals surface area contributed by atoms with Gasteiger partial charge in [-0.1, -0.05) is 22.0 Å². The largest absolute Gasteiger partial charge is 0.265 e. The lowest BCUT2D eigenvalue weighted by molar-refractivity contribution is 0.579. The second-order valence-electron chi connectivity index (χ2n) is 3.37. The lowest BCUT2D eigenvalue weighted by Gasteiger charge is -2.06. The molecule has 4 heteroatoms. The Kier molecular flexibility index (Phi) is 2.86. The first-order valence-corrected chi connectivity index (χ1v) is 5.38. The molecule has 0 saturated carbocycles. The smallest absolute Gasteiger partial charge is 0.129 e. The van der Waals surface area contributed by atoms with Crippen LogP contribution in [0.5, 0.6) is 0 Å². The molecular weight excluding hydrogens is 259 g/mol. The minimum absolute atomic E-state index is 0.209. The Bertz CT molecular complexity index is 479. The highest BCUT2D eigenvalue weighted by Crippen LogP contribution is 2.16. The van der Waals surface area contributed by atoms with Crippen molar-refractivity contribution in [3.63, 3.8) is 0 Å². The molecule has 0 aliphatic heterocycles. The molecule has 0 saturated heterocycles. The van der Waals surface area contributed by atoms with Crippen LogP contribution in [0.1, 0.15) is 11.3 Å². The third kappa shape index (κ3) is 2.26. The van der Waals surface area contributed by atoms with E-state index in [1.54, 1.807) is 16.9 Å². The van der Waals surface area contributed by atoms with Crippen LogP contribution in [0.25, 0.3) is 0 Å². The van der Waals surface area contributed by atoms with E-state index in [4.69, 9.17) is 0 Å². The zero-order chi connectivity index (χ0) is 10.8. The Morgan fingerprint density at radius 2 is 2.20 bits per heavy atom. The van der Waals surface area contributed by atoms with Crippen molar-refractivity contribution in [3.05, 3.63) is 52.0 Å². The minimum atomic E-state index is -0.209. The zero-order valence-corrected chi connectivity index (χ0v) is 9.83. The summed E-state index contributed by atoms with van der Waals surface area (Å²) in [5.74, 6) is -0.209. The molecule has 2 aromatic rings. The molecule has 78 valence electrons. The monoisotopic (exact) mass is 268 g/mol. The lowest BCUT2D eigenvalue weighted by atomic mass is 10.2. The van der Waals surface area contributed by atoms with Crippen LogP contribution in [0.2, 0.25) is 0 Å². The van der Waals surface area contributed by atoms with Crippen molar-refractivity contribution in [1.82, 2.24) is 9.78 Å². The summed E-state index contributed by atoms with van der Waals surface area (Å²) in [7, 11) is 0. The third-order valence-electron chi connectivity index (χ3n) is 2.26. The Morgan fingerprint density at radius 1 is 1.40 bits per heavy atom. The summed E-state index contributed by atoms with van der Waals surface area (Å²) in [6.45, 7) is 2.42. The molecule has 0 fully saturated rings. The van der Waals surface area contributed by atoms with Gasteiger partial charge in [0.25, 0.3) is 0 Å². The van der Waals surface area contributed by atoms with Gasteiger partial charge in [-0.2, -0.15) is 5.10 Å². The van der Waals surface area contributed by atoms with Gasteiger partial charge in [0, 0.05) is 21.9 Å². The van der Waals surface area contributed by atoms with Crippen LogP contribution in [0.15, 0.2) is 34.9 Å². The van der Waals surface area contributed by atoms with E-state index in [1.165, 1.54) is 6.07 Å². The molecule has 0 amide bonds. The number of aryl methyl sites for hydroxylation is 1. The molecule has 0 N–H and O–H groups in total. The average Bonchev–Trinajstić information content (AvgIpc) is 2.57. The predicted octanol–water partition coefficient (Wildman–Crippen LogP) is 3.14. The van der Waals surface area contributed by atoms with Crippen LogP contribution >= 0.6 is 15.9 Å². The van der Waals surface area contributed by atoms with E-state index in [0.29, 0.717) is 12.1 Å². The number of halogens is 2. The molecular formula is C11H10BrFN2. The Hall–Kier alpha value is -1.16. The van der Waals surface area contributed by atoms with Crippen LogP contribution < -0.4 is 0 Å². The van der Waals surface area contributed by atoms with Crippen molar-refractivity contribution < 1.29 is 4.39 Å². The van der Waals surface area contributed by atoms with Crippen LogP contribution in [0.4, 0.5) is 4.39 Å². The maximum absolute atomic E-state index is 13.5. The SMILES string of the molecule is Cc1ccnn1Cc1ccc(Br)cc1F. The van der Waals surface area contributed by atoms with Gasteiger partial charge in [0.1, 0.15) is 5.82 Å². The summed E-state index contributed by atoms with van der Waals surface area (Å²) in [4.78, 5) is 0. The number of hydrogen-bond donors (Lipinski definition) is 0. The fourth-order valence-corrected chi connectivity index (χ4v) is 1.71. The van der Waals surface area contributed by atoms with Gasteiger partial charge in [-0.25, -0.2) is 4.39 Å². The van der Waals surface area contributed by atoms with Crippen molar-refractivity contribution >= 4 is 15.9 Å². The van der Waals surface area contributed by atoms with Gasteiger partial charge in [-0.3, -0.25) is 4.68 Å². The molecule has 0 radical (unpaired) electrons. The molecule has 0 unspecified atom stereocenters. The van der Waals surface area contributed by atoms with Gasteiger partial charge in [0.15, 0.2) is 0 Å². The summed E-state index contributed by atoms with van der Waals surface area (Å²) in [5.41, 5.74) is 1.67. The quantitative estimate of drug-likeness (QED) is 0.819. The van der Waals surface area contributed by atoms with E-state index in [-0.39, 0.29) is 5.82 Å². The van der Waals surface area contributed by atoms with Gasteiger partial charge in [0.2, 0.25) is 0 Å². The minimum Gasteiger partial charge on any atom is -0.265 e. The summed E-state index contributed by atoms with van der Waals surface area (Å²) < 4.78 is 16.0.